The zero-order valence-corrected chi connectivity index (χ0v) is 15.1. The van der Waals surface area contributed by atoms with Gasteiger partial charge in [0.1, 0.15) is 0 Å². The number of likely N-dealkylation sites (N-methyl/N-ethyl adjacent to an activating group) is 1. The number of allylic oxidation sites excluding steroid dienone is 2. The maximum atomic E-state index is 12.4. The molecular weight excluding hydrogens is 318 g/mol. The minimum absolute atomic E-state index is 0.0441. The normalized spacial score (nSPS) is 27.7. The van der Waals surface area contributed by atoms with Crippen LogP contribution in [0.15, 0.2) is 35.6 Å². The fraction of sp³-hybridized carbons (Fsp3) is 0.450. The molecular formula is C20H23NO4. The van der Waals surface area contributed by atoms with Gasteiger partial charge in [0.25, 0.3) is 0 Å². The maximum Gasteiger partial charge on any atom is 0.220 e. The van der Waals surface area contributed by atoms with E-state index in [2.05, 4.69) is 24.1 Å². The van der Waals surface area contributed by atoms with Gasteiger partial charge in [-0.25, -0.2) is 0 Å². The van der Waals surface area contributed by atoms with Crippen molar-refractivity contribution in [2.75, 3.05) is 34.9 Å². The maximum absolute atomic E-state index is 12.4. The zero-order chi connectivity index (χ0) is 17.8. The number of likely N-dealkylation sites (tertiary alicyclic amines) is 1. The van der Waals surface area contributed by atoms with E-state index in [1.54, 1.807) is 27.4 Å². The Hall–Kier alpha value is -2.27. The van der Waals surface area contributed by atoms with Crippen LogP contribution in [0.4, 0.5) is 0 Å². The summed E-state index contributed by atoms with van der Waals surface area (Å²) in [5.41, 5.74) is 3.31. The molecule has 1 aromatic carbocycles. The molecule has 1 aliphatic heterocycles. The number of piperidine rings is 1. The van der Waals surface area contributed by atoms with Gasteiger partial charge in [-0.2, -0.15) is 0 Å². The molecule has 25 heavy (non-hydrogen) atoms. The van der Waals surface area contributed by atoms with Gasteiger partial charge in [0.05, 0.1) is 21.3 Å². The summed E-state index contributed by atoms with van der Waals surface area (Å²) in [6, 6.07) is 4.37. The lowest BCUT2D eigenvalue weighted by atomic mass is 9.59. The first-order valence-corrected chi connectivity index (χ1v) is 8.53. The lowest BCUT2D eigenvalue weighted by molar-refractivity contribution is -0.114. The molecule has 5 nitrogen and oxygen atoms in total. The second-order valence-corrected chi connectivity index (χ2v) is 6.96. The highest BCUT2D eigenvalue weighted by Crippen LogP contribution is 2.53. The number of nitrogens with zero attached hydrogens (tertiary/aromatic N) is 1. The second kappa shape index (κ2) is 5.63. The Balaban J connectivity index is 1.99. The Morgan fingerprint density at radius 3 is 2.52 bits per heavy atom. The van der Waals surface area contributed by atoms with Crippen molar-refractivity contribution in [2.24, 2.45) is 0 Å². The number of carbonyl (C=O) groups excluding carboxylic acids is 1. The number of benzene rings is 1. The van der Waals surface area contributed by atoms with E-state index >= 15 is 0 Å². The third-order valence-corrected chi connectivity index (χ3v) is 5.90. The van der Waals surface area contributed by atoms with Gasteiger partial charge in [0.15, 0.2) is 17.3 Å². The van der Waals surface area contributed by atoms with Crippen molar-refractivity contribution in [3.05, 3.63) is 46.7 Å². The number of ether oxygens (including phenoxy) is 3. The molecule has 0 radical (unpaired) electrons. The van der Waals surface area contributed by atoms with Crippen molar-refractivity contribution < 1.29 is 19.0 Å². The molecule has 3 aliphatic rings. The smallest absolute Gasteiger partial charge is 0.220 e. The molecule has 0 saturated carbocycles. The molecule has 1 fully saturated rings. The second-order valence-electron chi connectivity index (χ2n) is 6.96. The van der Waals surface area contributed by atoms with Crippen LogP contribution in [0.25, 0.3) is 0 Å². The highest BCUT2D eigenvalue weighted by molar-refractivity contribution is 6.05. The Labute approximate surface area is 147 Å². The van der Waals surface area contributed by atoms with Gasteiger partial charge < -0.3 is 14.2 Å². The molecule has 0 amide bonds. The van der Waals surface area contributed by atoms with Crippen LogP contribution < -0.4 is 9.47 Å². The Morgan fingerprint density at radius 1 is 1.12 bits per heavy atom. The van der Waals surface area contributed by atoms with Crippen LogP contribution in [0.2, 0.25) is 0 Å². The Kier molecular flexibility index (Phi) is 3.65. The average Bonchev–Trinajstić information content (AvgIpc) is 2.63. The summed E-state index contributed by atoms with van der Waals surface area (Å²) < 4.78 is 16.4. The standard InChI is InChI=1S/C20H23NO4/c1-21-6-5-20-11-19(25-4)16(22)9-14(20)15(21)7-12-8-17(23-2)18(24-3)10-13(12)20/h8-11,15H,5-7H2,1-4H3/t15-,20-/m0/s1. The van der Waals surface area contributed by atoms with Gasteiger partial charge in [-0.3, -0.25) is 9.69 Å². The predicted molar refractivity (Wildman–Crippen MR) is 94.1 cm³/mol. The summed E-state index contributed by atoms with van der Waals surface area (Å²) in [5, 5.41) is 0. The SMILES string of the molecule is COC1=C[C@@]23CCN(C)[C@@H](Cc4cc(OC)c(OC)cc42)C3=CC1=O. The number of hydrogen-bond donors (Lipinski definition) is 0. The van der Waals surface area contributed by atoms with Crippen molar-refractivity contribution in [1.29, 1.82) is 0 Å². The number of hydrogen-bond acceptors (Lipinski definition) is 5. The van der Waals surface area contributed by atoms with E-state index < -0.39 is 0 Å². The molecule has 5 heteroatoms. The monoisotopic (exact) mass is 341 g/mol. The fourth-order valence-corrected chi connectivity index (χ4v) is 4.58. The summed E-state index contributed by atoms with van der Waals surface area (Å²) in [7, 11) is 7.00. The molecule has 4 rings (SSSR count). The van der Waals surface area contributed by atoms with Crippen molar-refractivity contribution in [3.8, 4) is 11.5 Å². The van der Waals surface area contributed by atoms with E-state index in [4.69, 9.17) is 14.2 Å². The van der Waals surface area contributed by atoms with E-state index in [1.807, 2.05) is 6.08 Å². The molecule has 2 atom stereocenters. The summed E-state index contributed by atoms with van der Waals surface area (Å²) in [5.74, 6) is 1.84. The van der Waals surface area contributed by atoms with Crippen LogP contribution in [0.1, 0.15) is 17.5 Å². The first-order valence-electron chi connectivity index (χ1n) is 8.53. The molecule has 1 heterocycles. The summed E-state index contributed by atoms with van der Waals surface area (Å²) >= 11 is 0. The molecule has 0 unspecified atom stereocenters. The van der Waals surface area contributed by atoms with Crippen LogP contribution in [0.5, 0.6) is 11.5 Å². The number of ketones is 1. The fourth-order valence-electron chi connectivity index (χ4n) is 4.58. The lowest BCUT2D eigenvalue weighted by Crippen LogP contribution is -2.54. The summed E-state index contributed by atoms with van der Waals surface area (Å²) in [6.45, 7) is 0.970. The van der Waals surface area contributed by atoms with Crippen LogP contribution in [-0.4, -0.2) is 51.6 Å². The number of fused-ring (bicyclic) bond motifs is 1. The highest BCUT2D eigenvalue weighted by Gasteiger charge is 2.50. The van der Waals surface area contributed by atoms with Gasteiger partial charge in [0.2, 0.25) is 5.78 Å². The van der Waals surface area contributed by atoms with Crippen LogP contribution in [-0.2, 0) is 21.4 Å². The first-order chi connectivity index (χ1) is 12.0. The van der Waals surface area contributed by atoms with E-state index in [0.717, 1.165) is 30.9 Å². The predicted octanol–water partition coefficient (Wildman–Crippen LogP) is 2.24. The van der Waals surface area contributed by atoms with Gasteiger partial charge in [0, 0.05) is 11.5 Å². The van der Waals surface area contributed by atoms with E-state index in [9.17, 15) is 4.79 Å². The van der Waals surface area contributed by atoms with Crippen molar-refractivity contribution in [3.63, 3.8) is 0 Å². The molecule has 2 bridgehead atoms. The van der Waals surface area contributed by atoms with Gasteiger partial charge in [-0.15, -0.1) is 0 Å². The average molecular weight is 341 g/mol. The molecule has 0 spiro atoms. The third-order valence-electron chi connectivity index (χ3n) is 5.90. The molecule has 2 aliphatic carbocycles. The van der Waals surface area contributed by atoms with Crippen LogP contribution >= 0.6 is 0 Å². The molecule has 0 N–H and O–H groups in total. The first kappa shape index (κ1) is 16.2. The minimum Gasteiger partial charge on any atom is -0.493 e. The summed E-state index contributed by atoms with van der Waals surface area (Å²) in [4.78, 5) is 14.8. The van der Waals surface area contributed by atoms with Gasteiger partial charge in [-0.05, 0) is 67.4 Å². The van der Waals surface area contributed by atoms with E-state index in [0.29, 0.717) is 5.76 Å². The summed E-state index contributed by atoms with van der Waals surface area (Å²) in [6.07, 6.45) is 5.59. The van der Waals surface area contributed by atoms with Crippen molar-refractivity contribution in [2.45, 2.75) is 24.3 Å². The molecule has 0 aromatic heterocycles. The number of carbonyl (C=O) groups is 1. The molecule has 1 aromatic rings. The van der Waals surface area contributed by atoms with Crippen molar-refractivity contribution in [1.82, 2.24) is 4.90 Å². The zero-order valence-electron chi connectivity index (χ0n) is 15.1. The lowest BCUT2D eigenvalue weighted by Gasteiger charge is -2.52. The number of methoxy groups -OCH3 is 3. The van der Waals surface area contributed by atoms with Crippen molar-refractivity contribution >= 4 is 5.78 Å². The largest absolute Gasteiger partial charge is 0.493 e. The Morgan fingerprint density at radius 2 is 1.84 bits per heavy atom. The van der Waals surface area contributed by atoms with Crippen LogP contribution in [0, 0.1) is 0 Å². The highest BCUT2D eigenvalue weighted by atomic mass is 16.5. The molecule has 132 valence electrons. The Bertz CT molecular complexity index is 810. The quantitative estimate of drug-likeness (QED) is 0.844. The van der Waals surface area contributed by atoms with Gasteiger partial charge >= 0.3 is 0 Å². The minimum atomic E-state index is -0.302. The van der Waals surface area contributed by atoms with Crippen LogP contribution in [0.3, 0.4) is 0 Å². The van der Waals surface area contributed by atoms with E-state index in [-0.39, 0.29) is 17.2 Å². The van der Waals surface area contributed by atoms with Gasteiger partial charge in [-0.1, -0.05) is 0 Å². The number of rotatable bonds is 3. The third kappa shape index (κ3) is 2.15. The van der Waals surface area contributed by atoms with E-state index in [1.165, 1.54) is 16.7 Å². The topological polar surface area (TPSA) is 48.0 Å². The molecule has 1 saturated heterocycles.